The van der Waals surface area contributed by atoms with Crippen molar-refractivity contribution in [1.29, 1.82) is 0 Å². The minimum atomic E-state index is -4.28. The predicted molar refractivity (Wildman–Crippen MR) is 138 cm³/mol. The Balaban J connectivity index is 1.51. The number of aliphatic hydroxyl groups is 1. The van der Waals surface area contributed by atoms with Crippen LogP contribution in [0.2, 0.25) is 0 Å². The Bertz CT molecular complexity index is 1280. The molecule has 15 heteroatoms. The van der Waals surface area contributed by atoms with E-state index in [-0.39, 0.29) is 11.6 Å². The molecule has 0 amide bonds. The average molecular weight is 573 g/mol. The molecule has 6 atom stereocenters. The summed E-state index contributed by atoms with van der Waals surface area (Å²) in [4.78, 5) is 28.2. The molecule has 0 saturated carbocycles. The van der Waals surface area contributed by atoms with Gasteiger partial charge in [0.15, 0.2) is 6.17 Å². The number of hydrogen-bond donors (Lipinski definition) is 3. The lowest BCUT2D eigenvalue weighted by atomic mass is 10.1. The number of halogens is 1. The zero-order chi connectivity index (χ0) is 27.6. The predicted octanol–water partition coefficient (Wildman–Crippen LogP) is 2.21. The number of fused-ring (bicyclic) bond motifs is 1. The number of rotatable bonds is 10. The number of nitrogens with two attached hydrogens (primary N) is 1. The van der Waals surface area contributed by atoms with E-state index in [1.54, 1.807) is 32.0 Å². The van der Waals surface area contributed by atoms with Crippen molar-refractivity contribution < 1.29 is 37.4 Å². The molecule has 4 N–H and O–H groups in total. The quantitative estimate of drug-likeness (QED) is 0.281. The first kappa shape index (κ1) is 28.4. The van der Waals surface area contributed by atoms with E-state index in [0.717, 1.165) is 28.3 Å². The number of aliphatic hydroxyl groups excluding tert-OH is 1. The van der Waals surface area contributed by atoms with Gasteiger partial charge in [0, 0.05) is 18.7 Å². The van der Waals surface area contributed by atoms with E-state index < -0.39 is 61.1 Å². The molecular weight excluding hydrogens is 542 g/mol. The first-order valence-corrected chi connectivity index (χ1v) is 14.4. The van der Waals surface area contributed by atoms with Crippen LogP contribution in [0, 0.1) is 0 Å². The van der Waals surface area contributed by atoms with E-state index in [1.165, 1.54) is 19.2 Å². The van der Waals surface area contributed by atoms with Crippen LogP contribution < -0.4 is 25.8 Å². The number of anilines is 1. The third-order valence-electron chi connectivity index (χ3n) is 5.78. The summed E-state index contributed by atoms with van der Waals surface area (Å²) < 4.78 is 51.8. The maximum Gasteiger partial charge on any atom is 0.459 e. The van der Waals surface area contributed by atoms with Gasteiger partial charge in [0.1, 0.15) is 34.8 Å². The van der Waals surface area contributed by atoms with Crippen LogP contribution in [0.5, 0.6) is 11.5 Å². The van der Waals surface area contributed by atoms with Gasteiger partial charge in [0.05, 0.1) is 24.6 Å². The van der Waals surface area contributed by atoms with Gasteiger partial charge < -0.3 is 24.8 Å². The van der Waals surface area contributed by atoms with Gasteiger partial charge in [-0.3, -0.25) is 13.9 Å². The highest BCUT2D eigenvalue weighted by Gasteiger charge is 2.46. The van der Waals surface area contributed by atoms with E-state index in [9.17, 15) is 23.7 Å². The second-order valence-corrected chi connectivity index (χ2v) is 12.2. The first-order valence-electron chi connectivity index (χ1n) is 12.0. The third-order valence-corrected chi connectivity index (χ3v) is 8.95. The summed E-state index contributed by atoms with van der Waals surface area (Å²) in [6, 6.07) is 5.18. The van der Waals surface area contributed by atoms with Crippen LogP contribution in [0.25, 0.3) is 0 Å². The van der Waals surface area contributed by atoms with Crippen molar-refractivity contribution >= 4 is 31.3 Å². The maximum absolute atomic E-state index is 15.0. The van der Waals surface area contributed by atoms with Gasteiger partial charge in [-0.25, -0.2) is 13.8 Å². The molecule has 1 aromatic carbocycles. The average Bonchev–Trinajstić information content (AvgIpc) is 3.42. The summed E-state index contributed by atoms with van der Waals surface area (Å²) in [5, 5.41) is 11.0. The summed E-state index contributed by atoms with van der Waals surface area (Å²) in [5.74, 6) is 0.0374. The van der Waals surface area contributed by atoms with Crippen LogP contribution in [-0.2, 0) is 25.0 Å². The number of ether oxygens (including phenoxy) is 2. The fraction of sp³-hybridized carbons (Fsp3) is 0.522. The van der Waals surface area contributed by atoms with Crippen molar-refractivity contribution in [1.82, 2.24) is 14.6 Å². The molecule has 3 heterocycles. The van der Waals surface area contributed by atoms with Crippen molar-refractivity contribution in [3.05, 3.63) is 46.5 Å². The highest BCUT2D eigenvalue weighted by Crippen LogP contribution is 2.49. The second-order valence-electron chi connectivity index (χ2n) is 9.13. The van der Waals surface area contributed by atoms with Crippen molar-refractivity contribution in [3.63, 3.8) is 0 Å². The van der Waals surface area contributed by atoms with Gasteiger partial charge in [-0.05, 0) is 38.5 Å². The van der Waals surface area contributed by atoms with Gasteiger partial charge in [-0.1, -0.05) is 6.07 Å². The Morgan fingerprint density at radius 3 is 2.87 bits per heavy atom. The van der Waals surface area contributed by atoms with E-state index in [0.29, 0.717) is 12.4 Å². The fourth-order valence-electron chi connectivity index (χ4n) is 3.91. The van der Waals surface area contributed by atoms with Crippen LogP contribution >= 0.6 is 19.5 Å². The Morgan fingerprint density at radius 1 is 1.39 bits per heavy atom. The molecule has 2 aliphatic rings. The van der Waals surface area contributed by atoms with E-state index in [1.807, 2.05) is 0 Å². The van der Waals surface area contributed by atoms with Crippen LogP contribution in [0.3, 0.4) is 0 Å². The van der Waals surface area contributed by atoms with Gasteiger partial charge in [-0.15, -0.1) is 11.8 Å². The second kappa shape index (κ2) is 11.6. The van der Waals surface area contributed by atoms with Crippen molar-refractivity contribution in [2.45, 2.75) is 62.2 Å². The summed E-state index contributed by atoms with van der Waals surface area (Å²) in [7, 11) is -4.28. The third kappa shape index (κ3) is 6.49. The number of alkyl halides is 1. The maximum atomic E-state index is 15.0. The molecule has 12 nitrogen and oxygen atoms in total. The molecule has 38 heavy (non-hydrogen) atoms. The Morgan fingerprint density at radius 2 is 2.16 bits per heavy atom. The monoisotopic (exact) mass is 572 g/mol. The SMILES string of the molecule is CC(C)OC(=O)[C@H](C)NP(=O)(OC[C@H]1S[C@@H](n2ccc(N)nc2=O)[C@@H](F)[C@@H]1O)Oc1ccc2c(c1)OCC2. The number of benzene rings is 1. The number of hydrogen-bond acceptors (Lipinski definition) is 11. The normalized spacial score (nSPS) is 24.9. The van der Waals surface area contributed by atoms with Gasteiger partial charge >= 0.3 is 19.4 Å². The lowest BCUT2D eigenvalue weighted by Crippen LogP contribution is -2.37. The minimum Gasteiger partial charge on any atom is -0.493 e. The standard InChI is InChI=1S/C23H30FN4O8PS/c1-12(2)35-22(30)13(3)27-37(32,36-15-5-4-14-7-9-33-16(14)10-15)34-11-17-20(29)19(24)21(38-17)28-8-6-18(25)26-23(28)31/h4-6,8,10,12-13,17,19-21,29H,7,9,11H2,1-3H3,(H,27,32)(H2,25,26,31)/t13-,17+,19-,20+,21+,37?/m0/s1. The Hall–Kier alpha value is -2.64. The smallest absolute Gasteiger partial charge is 0.459 e. The molecule has 0 spiro atoms. The molecule has 0 bridgehead atoms. The van der Waals surface area contributed by atoms with E-state index >= 15 is 0 Å². The number of aromatic nitrogens is 2. The fourth-order valence-corrected chi connectivity index (χ4v) is 6.94. The van der Waals surface area contributed by atoms with Crippen LogP contribution in [0.1, 0.15) is 31.7 Å². The number of carbonyl (C=O) groups is 1. The first-order chi connectivity index (χ1) is 18.0. The number of thioether (sulfide) groups is 1. The highest BCUT2D eigenvalue weighted by atomic mass is 32.2. The van der Waals surface area contributed by atoms with Gasteiger partial charge in [0.2, 0.25) is 0 Å². The molecule has 1 aromatic heterocycles. The van der Waals surface area contributed by atoms with Gasteiger partial charge in [-0.2, -0.15) is 10.1 Å². The topological polar surface area (TPSA) is 164 Å². The van der Waals surface area contributed by atoms with Crippen molar-refractivity contribution in [3.8, 4) is 11.5 Å². The Labute approximate surface area is 222 Å². The molecule has 1 saturated heterocycles. The zero-order valence-corrected chi connectivity index (χ0v) is 22.7. The summed E-state index contributed by atoms with van der Waals surface area (Å²) >= 11 is 0.913. The lowest BCUT2D eigenvalue weighted by molar-refractivity contribution is -0.149. The summed E-state index contributed by atoms with van der Waals surface area (Å²) in [6.07, 6.45) is -1.79. The number of nitrogens with one attached hydrogen (secondary N) is 1. The highest BCUT2D eigenvalue weighted by molar-refractivity contribution is 8.00. The summed E-state index contributed by atoms with van der Waals surface area (Å²) in [6.45, 7) is 4.86. The van der Waals surface area contributed by atoms with Crippen molar-refractivity contribution in [2.75, 3.05) is 18.9 Å². The number of carbonyl (C=O) groups excluding carboxylic acids is 1. The molecular formula is C23H30FN4O8PS. The zero-order valence-electron chi connectivity index (χ0n) is 21.0. The molecule has 1 unspecified atom stereocenters. The molecule has 1 fully saturated rings. The van der Waals surface area contributed by atoms with Gasteiger partial charge in [0.25, 0.3) is 0 Å². The molecule has 2 aromatic rings. The largest absolute Gasteiger partial charge is 0.493 e. The van der Waals surface area contributed by atoms with Crippen LogP contribution in [0.4, 0.5) is 10.2 Å². The lowest BCUT2D eigenvalue weighted by Gasteiger charge is -2.25. The van der Waals surface area contributed by atoms with E-state index in [2.05, 4.69) is 10.1 Å². The minimum absolute atomic E-state index is 0.0173. The molecule has 2 aliphatic heterocycles. The van der Waals surface area contributed by atoms with Crippen LogP contribution in [0.15, 0.2) is 35.3 Å². The van der Waals surface area contributed by atoms with E-state index in [4.69, 9.17) is 24.3 Å². The van der Waals surface area contributed by atoms with Crippen molar-refractivity contribution in [2.24, 2.45) is 0 Å². The summed E-state index contributed by atoms with van der Waals surface area (Å²) in [5.41, 5.74) is 5.70. The molecule has 4 rings (SSSR count). The molecule has 0 aliphatic carbocycles. The van der Waals surface area contributed by atoms with Crippen LogP contribution in [-0.4, -0.2) is 63.5 Å². The number of esters is 1. The Kier molecular flexibility index (Phi) is 8.68. The molecule has 208 valence electrons. The number of nitrogens with zero attached hydrogens (tertiary/aromatic N) is 2. The molecule has 0 radical (unpaired) electrons. The number of nitrogen functional groups attached to an aromatic ring is 1.